The molecule has 148 valence electrons. The van der Waals surface area contributed by atoms with E-state index in [9.17, 15) is 20.0 Å². The Labute approximate surface area is 177 Å². The van der Waals surface area contributed by atoms with Crippen molar-refractivity contribution >= 4 is 41.1 Å². The predicted octanol–water partition coefficient (Wildman–Crippen LogP) is 4.23. The third-order valence-corrected chi connectivity index (χ3v) is 5.22. The summed E-state index contributed by atoms with van der Waals surface area (Å²) < 4.78 is 5.79. The van der Waals surface area contributed by atoms with E-state index in [1.807, 2.05) is 6.07 Å². The number of aliphatic hydroxyl groups is 1. The van der Waals surface area contributed by atoms with Crippen molar-refractivity contribution in [1.29, 1.82) is 5.26 Å². The van der Waals surface area contributed by atoms with Gasteiger partial charge in [0.25, 0.3) is 11.8 Å². The molecule has 2 heterocycles. The van der Waals surface area contributed by atoms with Gasteiger partial charge in [-0.3, -0.25) is 14.5 Å². The van der Waals surface area contributed by atoms with Crippen LogP contribution in [-0.2, 0) is 9.59 Å². The summed E-state index contributed by atoms with van der Waals surface area (Å²) in [4.78, 5) is 26.1. The first-order valence-corrected chi connectivity index (χ1v) is 9.41. The molecule has 1 N–H and O–H groups in total. The molecule has 0 saturated carbocycles. The third-order valence-electron chi connectivity index (χ3n) is 4.40. The van der Waals surface area contributed by atoms with E-state index in [0.29, 0.717) is 27.1 Å². The highest BCUT2D eigenvalue weighted by Crippen LogP contribution is 2.35. The molecule has 1 aromatic heterocycles. The van der Waals surface area contributed by atoms with Crippen LogP contribution in [0.25, 0.3) is 17.4 Å². The van der Waals surface area contributed by atoms with Gasteiger partial charge in [0.15, 0.2) is 0 Å². The molecule has 0 aliphatic carbocycles. The van der Waals surface area contributed by atoms with Crippen molar-refractivity contribution in [3.05, 3.63) is 62.9 Å². The summed E-state index contributed by atoms with van der Waals surface area (Å²) in [5.41, 5.74) is 0.832. The van der Waals surface area contributed by atoms with Gasteiger partial charge in [0.05, 0.1) is 22.7 Å². The average molecular weight is 431 g/mol. The lowest BCUT2D eigenvalue weighted by Crippen LogP contribution is -2.45. The van der Waals surface area contributed by atoms with E-state index in [1.54, 1.807) is 30.3 Å². The predicted molar refractivity (Wildman–Crippen MR) is 109 cm³/mol. The van der Waals surface area contributed by atoms with Gasteiger partial charge in [-0.2, -0.15) is 5.26 Å². The number of carbonyl (C=O) groups is 2. The highest BCUT2D eigenvalue weighted by molar-refractivity contribution is 6.43. The lowest BCUT2D eigenvalue weighted by molar-refractivity contribution is -0.141. The van der Waals surface area contributed by atoms with Gasteiger partial charge in [0, 0.05) is 11.1 Å². The Hall–Kier alpha value is -2.85. The Morgan fingerprint density at radius 3 is 2.62 bits per heavy atom. The molecule has 1 aromatic carbocycles. The van der Waals surface area contributed by atoms with Crippen molar-refractivity contribution in [3.63, 3.8) is 0 Å². The fourth-order valence-electron chi connectivity index (χ4n) is 2.97. The van der Waals surface area contributed by atoms with E-state index >= 15 is 0 Å². The molecular weight excluding hydrogens is 415 g/mol. The van der Waals surface area contributed by atoms with Crippen LogP contribution in [0.1, 0.15) is 19.6 Å². The number of carbonyl (C=O) groups excluding carboxylic acids is 2. The maximum atomic E-state index is 12.8. The number of furan rings is 1. The summed E-state index contributed by atoms with van der Waals surface area (Å²) in [5, 5.41) is 19.7. The molecule has 8 heteroatoms. The number of aliphatic hydroxyl groups excluding tert-OH is 1. The van der Waals surface area contributed by atoms with E-state index < -0.39 is 17.9 Å². The van der Waals surface area contributed by atoms with Crippen molar-refractivity contribution in [2.75, 3.05) is 6.54 Å². The molecular formula is C21H16Cl2N2O4. The zero-order chi connectivity index (χ0) is 21.3. The second-order valence-electron chi connectivity index (χ2n) is 6.54. The molecule has 2 aromatic rings. The van der Waals surface area contributed by atoms with Crippen LogP contribution in [0, 0.1) is 11.3 Å². The lowest BCUT2D eigenvalue weighted by atomic mass is 9.94. The molecule has 1 aliphatic heterocycles. The first-order valence-electron chi connectivity index (χ1n) is 8.66. The molecule has 0 bridgehead atoms. The number of β-amino-alcohol motifs (C(OH)–C–C–N with tert-alkyl or cyclic N) is 1. The van der Waals surface area contributed by atoms with Gasteiger partial charge in [0.1, 0.15) is 23.2 Å². The highest BCUT2D eigenvalue weighted by Gasteiger charge is 2.36. The zero-order valence-electron chi connectivity index (χ0n) is 15.6. The molecule has 1 aliphatic rings. The van der Waals surface area contributed by atoms with Crippen LogP contribution in [-0.4, -0.2) is 34.5 Å². The first-order chi connectivity index (χ1) is 13.7. The number of hydrogen-bond acceptors (Lipinski definition) is 5. The molecule has 1 atom stereocenters. The normalized spacial score (nSPS) is 17.1. The highest BCUT2D eigenvalue weighted by atomic mass is 35.5. The SMILES string of the molecule is CC1=C(C#N)C(=O)N(C[C@H](C)O)C(=O)/C1=C/c1ccc(-c2cccc(Cl)c2Cl)o1. The van der Waals surface area contributed by atoms with Gasteiger partial charge in [-0.05, 0) is 49.8 Å². The van der Waals surface area contributed by atoms with E-state index in [2.05, 4.69) is 0 Å². The van der Waals surface area contributed by atoms with Gasteiger partial charge in [0.2, 0.25) is 0 Å². The number of halogens is 2. The van der Waals surface area contributed by atoms with Crippen LogP contribution in [0.5, 0.6) is 0 Å². The number of nitrogens with zero attached hydrogens (tertiary/aromatic N) is 2. The molecule has 0 saturated heterocycles. The van der Waals surface area contributed by atoms with Crippen molar-refractivity contribution in [1.82, 2.24) is 4.90 Å². The average Bonchev–Trinajstić information content (AvgIpc) is 3.13. The molecule has 0 spiro atoms. The number of nitriles is 1. The largest absolute Gasteiger partial charge is 0.457 e. The monoisotopic (exact) mass is 430 g/mol. The second-order valence-corrected chi connectivity index (χ2v) is 7.33. The first kappa shape index (κ1) is 20.9. The second kappa shape index (κ2) is 8.26. The molecule has 2 amide bonds. The Morgan fingerprint density at radius 2 is 1.97 bits per heavy atom. The fraction of sp³-hybridized carbons (Fsp3) is 0.190. The zero-order valence-corrected chi connectivity index (χ0v) is 17.1. The molecule has 0 radical (unpaired) electrons. The van der Waals surface area contributed by atoms with Crippen LogP contribution in [0.15, 0.2) is 51.5 Å². The summed E-state index contributed by atoms with van der Waals surface area (Å²) in [6.07, 6.45) is 0.529. The Kier molecular flexibility index (Phi) is 5.94. The number of imide groups is 1. The minimum atomic E-state index is -0.928. The quantitative estimate of drug-likeness (QED) is 0.578. The molecule has 3 rings (SSSR count). The summed E-state index contributed by atoms with van der Waals surface area (Å²) in [5.74, 6) is -0.543. The lowest BCUT2D eigenvalue weighted by Gasteiger charge is -2.28. The van der Waals surface area contributed by atoms with Crippen LogP contribution in [0.4, 0.5) is 0 Å². The van der Waals surface area contributed by atoms with Crippen molar-refractivity contribution in [2.24, 2.45) is 0 Å². The topological polar surface area (TPSA) is 94.5 Å². The molecule has 0 fully saturated rings. The van der Waals surface area contributed by atoms with Crippen LogP contribution in [0.3, 0.4) is 0 Å². The minimum absolute atomic E-state index is 0.139. The van der Waals surface area contributed by atoms with Crippen molar-refractivity contribution in [2.45, 2.75) is 20.0 Å². The molecule has 29 heavy (non-hydrogen) atoms. The summed E-state index contributed by atoms with van der Waals surface area (Å²) in [6, 6.07) is 10.3. The number of hydrogen-bond donors (Lipinski definition) is 1. The maximum absolute atomic E-state index is 12.8. The van der Waals surface area contributed by atoms with E-state index in [1.165, 1.54) is 19.9 Å². The van der Waals surface area contributed by atoms with Gasteiger partial charge < -0.3 is 9.52 Å². The van der Waals surface area contributed by atoms with Crippen molar-refractivity contribution < 1.29 is 19.1 Å². The molecule has 0 unspecified atom stereocenters. The number of benzene rings is 1. The Morgan fingerprint density at radius 1 is 1.24 bits per heavy atom. The maximum Gasteiger partial charge on any atom is 0.271 e. The smallest absolute Gasteiger partial charge is 0.271 e. The van der Waals surface area contributed by atoms with Crippen molar-refractivity contribution in [3.8, 4) is 17.4 Å². The summed E-state index contributed by atoms with van der Waals surface area (Å²) in [6.45, 7) is 2.77. The fourth-order valence-corrected chi connectivity index (χ4v) is 3.36. The van der Waals surface area contributed by atoms with Gasteiger partial charge >= 0.3 is 0 Å². The minimum Gasteiger partial charge on any atom is -0.457 e. The summed E-state index contributed by atoms with van der Waals surface area (Å²) >= 11 is 12.3. The van der Waals surface area contributed by atoms with Crippen LogP contribution < -0.4 is 0 Å². The Balaban J connectivity index is 2.05. The standard InChI is InChI=1S/C21H16Cl2N2O4/c1-11(26)10-25-20(27)15(12(2)16(9-24)21(25)28)8-13-6-7-18(29-13)14-4-3-5-17(22)19(14)23/h3-8,11,26H,10H2,1-2H3/b15-8+/t11-/m0/s1. The Bertz CT molecular complexity index is 1110. The summed E-state index contributed by atoms with van der Waals surface area (Å²) in [7, 11) is 0. The van der Waals surface area contributed by atoms with Gasteiger partial charge in [-0.15, -0.1) is 0 Å². The molecule has 6 nitrogen and oxygen atoms in total. The van der Waals surface area contributed by atoms with E-state index in [-0.39, 0.29) is 23.3 Å². The van der Waals surface area contributed by atoms with Crippen LogP contribution >= 0.6 is 23.2 Å². The van der Waals surface area contributed by atoms with Crippen LogP contribution in [0.2, 0.25) is 10.0 Å². The third kappa shape index (κ3) is 3.99. The van der Waals surface area contributed by atoms with Gasteiger partial charge in [-0.1, -0.05) is 29.3 Å². The number of rotatable bonds is 4. The van der Waals surface area contributed by atoms with E-state index in [0.717, 1.165) is 4.90 Å². The number of amides is 2. The van der Waals surface area contributed by atoms with Gasteiger partial charge in [-0.25, -0.2) is 0 Å². The van der Waals surface area contributed by atoms with E-state index in [4.69, 9.17) is 27.6 Å².